The Morgan fingerprint density at radius 2 is 1.97 bits per heavy atom. The number of furan rings is 1. The van der Waals surface area contributed by atoms with Gasteiger partial charge < -0.3 is 15.1 Å². The standard InChI is InChI=1S/C20H17ClF3N7O3/c1-3-30-9-12(15(28-30)18(32)25-8-11-5-4-6-34-11)27-19(33)16-14(21)17-26-10(2)7-13(20(22,23)24)31(17)29-16/h4-7,9H,3,8H2,1-2H3,(H,25,32)(H,27,33). The van der Waals surface area contributed by atoms with E-state index >= 15 is 0 Å². The molecular weight excluding hydrogens is 479 g/mol. The average Bonchev–Trinajstić information content (AvgIpc) is 3.50. The van der Waals surface area contributed by atoms with E-state index in [4.69, 9.17) is 16.0 Å². The summed E-state index contributed by atoms with van der Waals surface area (Å²) in [5.41, 5.74) is -1.97. The normalized spacial score (nSPS) is 11.7. The zero-order valence-corrected chi connectivity index (χ0v) is 18.5. The van der Waals surface area contributed by atoms with Crippen LogP contribution < -0.4 is 10.6 Å². The van der Waals surface area contributed by atoms with E-state index in [9.17, 15) is 22.8 Å². The summed E-state index contributed by atoms with van der Waals surface area (Å²) in [5, 5.41) is 12.6. The Balaban J connectivity index is 1.65. The van der Waals surface area contributed by atoms with Crippen LogP contribution in [0, 0.1) is 6.92 Å². The number of nitrogens with zero attached hydrogens (tertiary/aromatic N) is 5. The van der Waals surface area contributed by atoms with E-state index in [0.29, 0.717) is 16.8 Å². The first-order chi connectivity index (χ1) is 16.1. The molecule has 0 aromatic carbocycles. The molecule has 0 radical (unpaired) electrons. The summed E-state index contributed by atoms with van der Waals surface area (Å²) in [6.07, 6.45) is -1.89. The number of nitrogens with one attached hydrogen (secondary N) is 2. The van der Waals surface area contributed by atoms with Gasteiger partial charge in [-0.2, -0.15) is 23.4 Å². The van der Waals surface area contributed by atoms with E-state index in [0.717, 1.165) is 6.07 Å². The lowest BCUT2D eigenvalue weighted by atomic mass is 10.3. The van der Waals surface area contributed by atoms with Gasteiger partial charge in [-0.1, -0.05) is 11.6 Å². The van der Waals surface area contributed by atoms with Crippen LogP contribution in [0.25, 0.3) is 5.65 Å². The van der Waals surface area contributed by atoms with Crippen LogP contribution in [-0.2, 0) is 19.3 Å². The van der Waals surface area contributed by atoms with Crippen molar-refractivity contribution in [1.82, 2.24) is 29.7 Å². The smallest absolute Gasteiger partial charge is 0.433 e. The SMILES string of the molecule is CCn1cc(NC(=O)c2nn3c(C(F)(F)F)cc(C)nc3c2Cl)c(C(=O)NCc2ccco2)n1. The number of aryl methyl sites for hydroxylation is 2. The van der Waals surface area contributed by atoms with Gasteiger partial charge in [0.2, 0.25) is 0 Å². The Bertz CT molecular complexity index is 1380. The van der Waals surface area contributed by atoms with E-state index < -0.39 is 29.4 Å². The van der Waals surface area contributed by atoms with Gasteiger partial charge in [-0.25, -0.2) is 9.50 Å². The van der Waals surface area contributed by atoms with Crippen LogP contribution in [0.1, 0.15) is 45.0 Å². The first-order valence-electron chi connectivity index (χ1n) is 9.91. The fraction of sp³-hybridized carbons (Fsp3) is 0.250. The molecule has 0 aliphatic rings. The van der Waals surface area contributed by atoms with Gasteiger partial charge in [0.25, 0.3) is 11.8 Å². The maximum atomic E-state index is 13.5. The van der Waals surface area contributed by atoms with Crippen LogP contribution in [0.3, 0.4) is 0 Å². The number of hydrogen-bond acceptors (Lipinski definition) is 6. The summed E-state index contributed by atoms with van der Waals surface area (Å²) in [6.45, 7) is 3.61. The zero-order valence-electron chi connectivity index (χ0n) is 17.8. The second-order valence-electron chi connectivity index (χ2n) is 7.14. The number of alkyl halides is 3. The van der Waals surface area contributed by atoms with Crippen molar-refractivity contribution in [3.63, 3.8) is 0 Å². The van der Waals surface area contributed by atoms with Crippen LogP contribution in [0.4, 0.5) is 18.9 Å². The largest absolute Gasteiger partial charge is 0.467 e. The van der Waals surface area contributed by atoms with Gasteiger partial charge in [-0.15, -0.1) is 0 Å². The molecule has 0 fully saturated rings. The number of carbonyl (C=O) groups is 2. The Morgan fingerprint density at radius 3 is 2.62 bits per heavy atom. The predicted octanol–water partition coefficient (Wildman–Crippen LogP) is 3.70. The third-order valence-corrected chi connectivity index (χ3v) is 5.07. The molecule has 0 saturated heterocycles. The number of carbonyl (C=O) groups excluding carboxylic acids is 2. The van der Waals surface area contributed by atoms with Gasteiger partial charge in [0.05, 0.1) is 18.5 Å². The van der Waals surface area contributed by atoms with Crippen LogP contribution in [-0.4, -0.2) is 36.2 Å². The summed E-state index contributed by atoms with van der Waals surface area (Å²) in [4.78, 5) is 29.5. The Labute approximate surface area is 194 Å². The maximum absolute atomic E-state index is 13.5. The van der Waals surface area contributed by atoms with Crippen molar-refractivity contribution in [2.75, 3.05) is 5.32 Å². The summed E-state index contributed by atoms with van der Waals surface area (Å²) >= 11 is 6.17. The quantitative estimate of drug-likeness (QED) is 0.421. The minimum atomic E-state index is -4.75. The number of aromatic nitrogens is 5. The molecule has 0 aliphatic carbocycles. The lowest BCUT2D eigenvalue weighted by Gasteiger charge is -2.09. The topological polar surface area (TPSA) is 119 Å². The Kier molecular flexibility index (Phi) is 6.04. The van der Waals surface area contributed by atoms with Crippen molar-refractivity contribution < 1.29 is 27.2 Å². The first-order valence-corrected chi connectivity index (χ1v) is 10.3. The van der Waals surface area contributed by atoms with Crippen molar-refractivity contribution in [2.24, 2.45) is 0 Å². The monoisotopic (exact) mass is 495 g/mol. The predicted molar refractivity (Wildman–Crippen MR) is 113 cm³/mol. The Morgan fingerprint density at radius 1 is 1.21 bits per heavy atom. The molecule has 178 valence electrons. The third-order valence-electron chi connectivity index (χ3n) is 4.72. The van der Waals surface area contributed by atoms with Crippen molar-refractivity contribution in [3.05, 3.63) is 64.2 Å². The van der Waals surface area contributed by atoms with Crippen molar-refractivity contribution in [2.45, 2.75) is 33.1 Å². The molecule has 0 aliphatic heterocycles. The fourth-order valence-corrected chi connectivity index (χ4v) is 3.39. The number of fused-ring (bicyclic) bond motifs is 1. The molecule has 14 heteroatoms. The zero-order chi connectivity index (χ0) is 24.6. The minimum absolute atomic E-state index is 0.0251. The van der Waals surface area contributed by atoms with E-state index in [-0.39, 0.29) is 34.3 Å². The average molecular weight is 496 g/mol. The fourth-order valence-electron chi connectivity index (χ4n) is 3.15. The van der Waals surface area contributed by atoms with E-state index in [2.05, 4.69) is 25.8 Å². The molecule has 4 aromatic rings. The van der Waals surface area contributed by atoms with Gasteiger partial charge in [0, 0.05) is 18.4 Å². The number of halogens is 4. The van der Waals surface area contributed by atoms with Crippen molar-refractivity contribution in [3.8, 4) is 0 Å². The van der Waals surface area contributed by atoms with Gasteiger partial charge in [0.1, 0.15) is 16.5 Å². The molecule has 34 heavy (non-hydrogen) atoms. The molecule has 4 aromatic heterocycles. The molecule has 0 unspecified atom stereocenters. The van der Waals surface area contributed by atoms with Gasteiger partial charge in [-0.3, -0.25) is 14.3 Å². The highest BCUT2D eigenvalue weighted by Crippen LogP contribution is 2.32. The Hall–Kier alpha value is -3.87. The van der Waals surface area contributed by atoms with Crippen molar-refractivity contribution in [1.29, 1.82) is 0 Å². The lowest BCUT2D eigenvalue weighted by Crippen LogP contribution is -2.25. The number of hydrogen-bond donors (Lipinski definition) is 2. The molecule has 0 spiro atoms. The summed E-state index contributed by atoms with van der Waals surface area (Å²) in [5.74, 6) is -1.03. The van der Waals surface area contributed by atoms with E-state index in [1.807, 2.05) is 0 Å². The molecule has 2 N–H and O–H groups in total. The molecule has 0 saturated carbocycles. The molecule has 4 heterocycles. The second-order valence-corrected chi connectivity index (χ2v) is 7.52. The number of anilines is 1. The summed E-state index contributed by atoms with van der Waals surface area (Å²) in [7, 11) is 0. The lowest BCUT2D eigenvalue weighted by molar-refractivity contribution is -0.142. The van der Waals surface area contributed by atoms with E-state index in [1.54, 1.807) is 19.1 Å². The van der Waals surface area contributed by atoms with E-state index in [1.165, 1.54) is 24.1 Å². The van der Waals surface area contributed by atoms with Gasteiger partial charge in [0.15, 0.2) is 17.0 Å². The molecule has 4 rings (SSSR count). The summed E-state index contributed by atoms with van der Waals surface area (Å²) < 4.78 is 47.4. The molecule has 0 atom stereocenters. The minimum Gasteiger partial charge on any atom is -0.467 e. The number of amides is 2. The molecule has 0 bridgehead atoms. The van der Waals surface area contributed by atoms with Crippen LogP contribution in [0.5, 0.6) is 0 Å². The highest BCUT2D eigenvalue weighted by atomic mass is 35.5. The highest BCUT2D eigenvalue weighted by molar-refractivity contribution is 6.37. The first kappa shape index (κ1) is 23.3. The molecular formula is C20H17ClF3N7O3. The van der Waals surface area contributed by atoms with Gasteiger partial charge >= 0.3 is 6.18 Å². The molecule has 2 amide bonds. The van der Waals surface area contributed by atoms with Crippen LogP contribution in [0.15, 0.2) is 35.1 Å². The third kappa shape index (κ3) is 4.46. The number of rotatable bonds is 6. The van der Waals surface area contributed by atoms with Crippen LogP contribution >= 0.6 is 11.6 Å². The maximum Gasteiger partial charge on any atom is 0.433 e. The second kappa shape index (κ2) is 8.82. The van der Waals surface area contributed by atoms with Gasteiger partial charge in [-0.05, 0) is 32.0 Å². The summed E-state index contributed by atoms with van der Waals surface area (Å²) in [6, 6.07) is 4.13. The highest BCUT2D eigenvalue weighted by Gasteiger charge is 2.36. The van der Waals surface area contributed by atoms with Crippen LogP contribution in [0.2, 0.25) is 5.02 Å². The molecule has 10 nitrogen and oxygen atoms in total. The van der Waals surface area contributed by atoms with Crippen molar-refractivity contribution >= 4 is 34.7 Å².